The first-order chi connectivity index (χ1) is 8.19. The Balaban J connectivity index is 1.99. The van der Waals surface area contributed by atoms with Crippen molar-refractivity contribution in [3.8, 4) is 6.07 Å². The third kappa shape index (κ3) is 3.57. The molecule has 1 fully saturated rings. The van der Waals surface area contributed by atoms with Crippen LogP contribution in [0.25, 0.3) is 0 Å². The second-order valence-corrected chi connectivity index (χ2v) is 5.36. The molecule has 0 N–H and O–H groups in total. The molecule has 17 heavy (non-hydrogen) atoms. The minimum absolute atomic E-state index is 0.717. The molecule has 0 unspecified atom stereocenters. The van der Waals surface area contributed by atoms with Crippen LogP contribution in [0, 0.1) is 17.2 Å². The molecule has 0 spiro atoms. The summed E-state index contributed by atoms with van der Waals surface area (Å²) in [5.41, 5.74) is 2.06. The highest BCUT2D eigenvalue weighted by atomic mass is 15.2. The summed E-state index contributed by atoms with van der Waals surface area (Å²) >= 11 is 0. The standard InChI is InChI=1S/C15H20N2/c1-12(2)10-17(15-7-8-15)11-14-5-3-13(9-16)4-6-14/h3-6,12,15H,7-8,10-11H2,1-2H3. The van der Waals surface area contributed by atoms with Crippen molar-refractivity contribution in [3.63, 3.8) is 0 Å². The Morgan fingerprint density at radius 1 is 1.29 bits per heavy atom. The third-order valence-corrected chi connectivity index (χ3v) is 3.13. The first kappa shape index (κ1) is 12.1. The molecule has 0 amide bonds. The van der Waals surface area contributed by atoms with Gasteiger partial charge in [-0.15, -0.1) is 0 Å². The van der Waals surface area contributed by atoms with Crippen molar-refractivity contribution in [1.29, 1.82) is 5.26 Å². The third-order valence-electron chi connectivity index (χ3n) is 3.13. The second-order valence-electron chi connectivity index (χ2n) is 5.36. The normalized spacial score (nSPS) is 15.2. The van der Waals surface area contributed by atoms with E-state index in [2.05, 4.69) is 36.9 Å². The largest absolute Gasteiger partial charge is 0.296 e. The molecule has 1 aromatic rings. The molecule has 2 nitrogen and oxygen atoms in total. The Morgan fingerprint density at radius 2 is 1.94 bits per heavy atom. The van der Waals surface area contributed by atoms with Crippen molar-refractivity contribution in [2.45, 2.75) is 39.3 Å². The lowest BCUT2D eigenvalue weighted by Gasteiger charge is -2.24. The molecule has 0 saturated heterocycles. The zero-order valence-corrected chi connectivity index (χ0v) is 10.7. The molecule has 2 rings (SSSR count). The summed E-state index contributed by atoms with van der Waals surface area (Å²) in [7, 11) is 0. The van der Waals surface area contributed by atoms with Crippen molar-refractivity contribution in [2.24, 2.45) is 5.92 Å². The van der Waals surface area contributed by atoms with Gasteiger partial charge in [-0.1, -0.05) is 26.0 Å². The number of hydrogen-bond acceptors (Lipinski definition) is 2. The quantitative estimate of drug-likeness (QED) is 0.774. The summed E-state index contributed by atoms with van der Waals surface area (Å²) in [6.45, 7) is 6.74. The van der Waals surface area contributed by atoms with Crippen LogP contribution in [0.4, 0.5) is 0 Å². The minimum atomic E-state index is 0.717. The molecule has 1 aliphatic rings. The van der Waals surface area contributed by atoms with Gasteiger partial charge in [0.15, 0.2) is 0 Å². The fourth-order valence-corrected chi connectivity index (χ4v) is 2.17. The Kier molecular flexibility index (Phi) is 3.81. The smallest absolute Gasteiger partial charge is 0.0991 e. The average molecular weight is 228 g/mol. The van der Waals surface area contributed by atoms with Gasteiger partial charge in [-0.2, -0.15) is 5.26 Å². The molecule has 2 heteroatoms. The first-order valence-corrected chi connectivity index (χ1v) is 6.42. The van der Waals surface area contributed by atoms with Crippen LogP contribution >= 0.6 is 0 Å². The zero-order valence-electron chi connectivity index (χ0n) is 10.7. The predicted molar refractivity (Wildman–Crippen MR) is 69.4 cm³/mol. The summed E-state index contributed by atoms with van der Waals surface area (Å²) in [6.07, 6.45) is 2.70. The van der Waals surface area contributed by atoms with Gasteiger partial charge in [-0.3, -0.25) is 4.90 Å². The van der Waals surface area contributed by atoms with Crippen molar-refractivity contribution in [2.75, 3.05) is 6.54 Å². The van der Waals surface area contributed by atoms with E-state index in [0.29, 0.717) is 5.92 Å². The van der Waals surface area contributed by atoms with E-state index in [-0.39, 0.29) is 0 Å². The van der Waals surface area contributed by atoms with E-state index in [0.717, 1.165) is 18.2 Å². The van der Waals surface area contributed by atoms with Crippen molar-refractivity contribution < 1.29 is 0 Å². The summed E-state index contributed by atoms with van der Waals surface area (Å²) in [6, 6.07) is 10.9. The van der Waals surface area contributed by atoms with Crippen LogP contribution in [-0.4, -0.2) is 17.5 Å². The summed E-state index contributed by atoms with van der Waals surface area (Å²) in [5, 5.41) is 8.77. The maximum absolute atomic E-state index is 8.77. The number of rotatable bonds is 5. The Morgan fingerprint density at radius 3 is 2.41 bits per heavy atom. The topological polar surface area (TPSA) is 27.0 Å². The summed E-state index contributed by atoms with van der Waals surface area (Å²) in [5.74, 6) is 0.717. The molecule has 1 aliphatic carbocycles. The van der Waals surface area contributed by atoms with E-state index in [1.807, 2.05) is 12.1 Å². The molecule has 90 valence electrons. The zero-order chi connectivity index (χ0) is 12.3. The predicted octanol–water partition coefficient (Wildman–Crippen LogP) is 3.18. The van der Waals surface area contributed by atoms with Gasteiger partial charge < -0.3 is 0 Å². The maximum atomic E-state index is 8.77. The van der Waals surface area contributed by atoms with Crippen LogP contribution in [0.1, 0.15) is 37.8 Å². The van der Waals surface area contributed by atoms with Gasteiger partial charge >= 0.3 is 0 Å². The SMILES string of the molecule is CC(C)CN(Cc1ccc(C#N)cc1)C1CC1. The lowest BCUT2D eigenvalue weighted by molar-refractivity contribution is 0.226. The minimum Gasteiger partial charge on any atom is -0.296 e. The second kappa shape index (κ2) is 5.33. The van der Waals surface area contributed by atoms with E-state index in [9.17, 15) is 0 Å². The molecule has 0 heterocycles. The summed E-state index contributed by atoms with van der Waals surface area (Å²) < 4.78 is 0. The van der Waals surface area contributed by atoms with E-state index >= 15 is 0 Å². The molecular formula is C15H20N2. The van der Waals surface area contributed by atoms with Crippen LogP contribution in [0.15, 0.2) is 24.3 Å². The van der Waals surface area contributed by atoms with E-state index in [1.54, 1.807) is 0 Å². The van der Waals surface area contributed by atoms with Crippen molar-refractivity contribution in [3.05, 3.63) is 35.4 Å². The van der Waals surface area contributed by atoms with E-state index < -0.39 is 0 Å². The first-order valence-electron chi connectivity index (χ1n) is 6.42. The number of hydrogen-bond donors (Lipinski definition) is 0. The highest BCUT2D eigenvalue weighted by molar-refractivity contribution is 5.31. The van der Waals surface area contributed by atoms with E-state index in [4.69, 9.17) is 5.26 Å². The number of benzene rings is 1. The molecule has 0 bridgehead atoms. The molecule has 0 aromatic heterocycles. The number of nitriles is 1. The average Bonchev–Trinajstić information content (AvgIpc) is 3.12. The van der Waals surface area contributed by atoms with Gasteiger partial charge in [0.25, 0.3) is 0 Å². The van der Waals surface area contributed by atoms with E-state index in [1.165, 1.54) is 24.9 Å². The van der Waals surface area contributed by atoms with Crippen LogP contribution < -0.4 is 0 Å². The van der Waals surface area contributed by atoms with Gasteiger partial charge in [-0.25, -0.2) is 0 Å². The molecule has 0 radical (unpaired) electrons. The van der Waals surface area contributed by atoms with Gasteiger partial charge in [-0.05, 0) is 36.5 Å². The molecule has 1 aromatic carbocycles. The lowest BCUT2D eigenvalue weighted by atomic mass is 10.1. The Bertz CT molecular complexity index is 396. The van der Waals surface area contributed by atoms with Gasteiger partial charge in [0.1, 0.15) is 0 Å². The highest BCUT2D eigenvalue weighted by Gasteiger charge is 2.28. The number of nitrogens with zero attached hydrogens (tertiary/aromatic N) is 2. The maximum Gasteiger partial charge on any atom is 0.0991 e. The van der Waals surface area contributed by atoms with Gasteiger partial charge in [0.2, 0.25) is 0 Å². The fourth-order valence-electron chi connectivity index (χ4n) is 2.17. The molecule has 1 saturated carbocycles. The van der Waals surface area contributed by atoms with Crippen molar-refractivity contribution >= 4 is 0 Å². The Hall–Kier alpha value is -1.33. The fraction of sp³-hybridized carbons (Fsp3) is 0.533. The van der Waals surface area contributed by atoms with Gasteiger partial charge in [0.05, 0.1) is 11.6 Å². The van der Waals surface area contributed by atoms with Crippen molar-refractivity contribution in [1.82, 2.24) is 4.90 Å². The summed E-state index contributed by atoms with van der Waals surface area (Å²) in [4.78, 5) is 2.58. The molecule has 0 aliphatic heterocycles. The van der Waals surface area contributed by atoms with Crippen LogP contribution in [0.2, 0.25) is 0 Å². The van der Waals surface area contributed by atoms with Crippen LogP contribution in [0.5, 0.6) is 0 Å². The van der Waals surface area contributed by atoms with Crippen LogP contribution in [-0.2, 0) is 6.54 Å². The lowest BCUT2D eigenvalue weighted by Crippen LogP contribution is -2.29. The van der Waals surface area contributed by atoms with Crippen LogP contribution in [0.3, 0.4) is 0 Å². The Labute approximate surface area is 104 Å². The highest BCUT2D eigenvalue weighted by Crippen LogP contribution is 2.29. The monoisotopic (exact) mass is 228 g/mol. The molecule has 0 atom stereocenters. The van der Waals surface area contributed by atoms with Gasteiger partial charge in [0, 0.05) is 19.1 Å². The molecular weight excluding hydrogens is 208 g/mol.